The summed E-state index contributed by atoms with van der Waals surface area (Å²) in [6.07, 6.45) is 0. The lowest BCUT2D eigenvalue weighted by molar-refractivity contribution is 0.563. The summed E-state index contributed by atoms with van der Waals surface area (Å²) in [5, 5.41) is 0. The van der Waals surface area contributed by atoms with Gasteiger partial charge in [0.05, 0.1) is 11.1 Å². The monoisotopic (exact) mass is 753 g/mol. The second-order valence-electron chi connectivity index (χ2n) is 16.4. The van der Waals surface area contributed by atoms with Crippen molar-refractivity contribution < 1.29 is 0 Å². The summed E-state index contributed by atoms with van der Waals surface area (Å²) in [5.41, 5.74) is 20.6. The molecule has 2 aliphatic rings. The van der Waals surface area contributed by atoms with Crippen LogP contribution in [0, 0.1) is 0 Å². The van der Waals surface area contributed by atoms with Gasteiger partial charge in [-0.05, 0) is 103 Å². The molecule has 0 aliphatic heterocycles. The highest BCUT2D eigenvalue weighted by Gasteiger charge is 2.54. The van der Waals surface area contributed by atoms with Crippen LogP contribution < -0.4 is 4.90 Å². The normalized spacial score (nSPS) is 15.5. The van der Waals surface area contributed by atoms with Crippen LogP contribution >= 0.6 is 0 Å². The Morgan fingerprint density at radius 1 is 0.305 bits per heavy atom. The summed E-state index contributed by atoms with van der Waals surface area (Å²) >= 11 is 0. The van der Waals surface area contributed by atoms with Gasteiger partial charge in [0, 0.05) is 22.4 Å². The van der Waals surface area contributed by atoms with E-state index >= 15 is 0 Å². The second kappa shape index (κ2) is 13.7. The SMILES string of the molecule is CC1(C)c2ccccc2C2(c3ccccc3-c3c(-c4ccccc4)cccc32)c2cc(N(c3ccc(-c4ccccc4)cc3)c3ccccc3-c3ccccc3)ccc21. The van der Waals surface area contributed by atoms with Crippen molar-refractivity contribution in [1.29, 1.82) is 0 Å². The van der Waals surface area contributed by atoms with Crippen molar-refractivity contribution in [3.8, 4) is 44.5 Å². The summed E-state index contributed by atoms with van der Waals surface area (Å²) in [6, 6.07) is 83.0. The zero-order chi connectivity index (χ0) is 39.6. The molecule has 0 amide bonds. The molecular formula is C58H43N. The van der Waals surface area contributed by atoms with Gasteiger partial charge in [-0.25, -0.2) is 0 Å². The molecule has 0 saturated heterocycles. The van der Waals surface area contributed by atoms with Crippen molar-refractivity contribution in [3.05, 3.63) is 258 Å². The predicted molar refractivity (Wildman–Crippen MR) is 247 cm³/mol. The number of anilines is 3. The van der Waals surface area contributed by atoms with E-state index in [1.54, 1.807) is 0 Å². The van der Waals surface area contributed by atoms with Gasteiger partial charge in [0.1, 0.15) is 0 Å². The van der Waals surface area contributed by atoms with Gasteiger partial charge in [0.25, 0.3) is 0 Å². The minimum absolute atomic E-state index is 0.242. The van der Waals surface area contributed by atoms with Crippen molar-refractivity contribution >= 4 is 17.1 Å². The fourth-order valence-corrected chi connectivity index (χ4v) is 10.3. The van der Waals surface area contributed by atoms with Gasteiger partial charge in [-0.2, -0.15) is 0 Å². The van der Waals surface area contributed by atoms with Gasteiger partial charge in [-0.15, -0.1) is 0 Å². The Labute approximate surface area is 347 Å². The van der Waals surface area contributed by atoms with Crippen LogP contribution in [0.3, 0.4) is 0 Å². The number of nitrogens with zero attached hydrogens (tertiary/aromatic N) is 1. The van der Waals surface area contributed by atoms with Crippen molar-refractivity contribution in [2.45, 2.75) is 24.7 Å². The third-order valence-corrected chi connectivity index (χ3v) is 13.0. The van der Waals surface area contributed by atoms with E-state index in [0.717, 1.165) is 17.1 Å². The van der Waals surface area contributed by atoms with Gasteiger partial charge in [-0.1, -0.05) is 208 Å². The molecule has 1 nitrogen and oxygen atoms in total. The van der Waals surface area contributed by atoms with E-state index in [1.165, 1.54) is 77.9 Å². The minimum Gasteiger partial charge on any atom is -0.310 e. The van der Waals surface area contributed by atoms with E-state index in [1.807, 2.05) is 0 Å². The van der Waals surface area contributed by atoms with E-state index in [9.17, 15) is 0 Å². The molecule has 1 unspecified atom stereocenters. The summed E-state index contributed by atoms with van der Waals surface area (Å²) < 4.78 is 0. The highest BCUT2D eigenvalue weighted by atomic mass is 15.1. The number of hydrogen-bond acceptors (Lipinski definition) is 1. The molecule has 59 heavy (non-hydrogen) atoms. The predicted octanol–water partition coefficient (Wildman–Crippen LogP) is 15.2. The molecule has 280 valence electrons. The average molecular weight is 754 g/mol. The molecule has 0 N–H and O–H groups in total. The molecule has 0 radical (unpaired) electrons. The standard InChI is InChI=1S/C58H43N/c1-57(2)50-29-15-16-30-52(50)58(49-28-14-12-26-48(49)56-47(27-18-31-53(56)58)43-23-10-5-11-24-43)54-39-45(37-38-51(54)57)59(44-35-33-41(34-36-44)40-19-6-3-7-20-40)55-32-17-13-25-46(55)42-21-8-4-9-22-42/h3-39H,1-2H3. The van der Waals surface area contributed by atoms with Gasteiger partial charge in [0.15, 0.2) is 0 Å². The number of benzene rings is 9. The zero-order valence-electron chi connectivity index (χ0n) is 33.3. The highest BCUT2D eigenvalue weighted by Crippen LogP contribution is 2.64. The van der Waals surface area contributed by atoms with E-state index in [-0.39, 0.29) is 5.41 Å². The van der Waals surface area contributed by atoms with Crippen molar-refractivity contribution in [2.75, 3.05) is 4.90 Å². The largest absolute Gasteiger partial charge is 0.310 e. The molecule has 1 atom stereocenters. The maximum Gasteiger partial charge on any atom is 0.0720 e. The van der Waals surface area contributed by atoms with E-state index in [2.05, 4.69) is 243 Å². The molecule has 9 aromatic rings. The van der Waals surface area contributed by atoms with Gasteiger partial charge < -0.3 is 4.90 Å². The van der Waals surface area contributed by atoms with Crippen LogP contribution in [0.15, 0.2) is 224 Å². The van der Waals surface area contributed by atoms with E-state index < -0.39 is 5.41 Å². The van der Waals surface area contributed by atoms with Gasteiger partial charge in [0.2, 0.25) is 0 Å². The third-order valence-electron chi connectivity index (χ3n) is 13.0. The average Bonchev–Trinajstić information content (AvgIpc) is 3.61. The van der Waals surface area contributed by atoms with Gasteiger partial charge in [-0.3, -0.25) is 0 Å². The number of para-hydroxylation sites is 1. The smallest absolute Gasteiger partial charge is 0.0720 e. The molecule has 0 heterocycles. The van der Waals surface area contributed by atoms with Crippen LogP contribution in [0.5, 0.6) is 0 Å². The molecule has 2 aliphatic carbocycles. The van der Waals surface area contributed by atoms with Crippen molar-refractivity contribution in [3.63, 3.8) is 0 Å². The molecule has 9 aromatic carbocycles. The van der Waals surface area contributed by atoms with Crippen LogP contribution in [0.1, 0.15) is 47.2 Å². The van der Waals surface area contributed by atoms with Crippen LogP contribution in [-0.4, -0.2) is 0 Å². The quantitative estimate of drug-likeness (QED) is 0.163. The van der Waals surface area contributed by atoms with Crippen LogP contribution in [0.25, 0.3) is 44.5 Å². The maximum atomic E-state index is 2.53. The van der Waals surface area contributed by atoms with Crippen LogP contribution in [0.4, 0.5) is 17.1 Å². The van der Waals surface area contributed by atoms with Crippen LogP contribution in [-0.2, 0) is 10.8 Å². The first-order valence-electron chi connectivity index (χ1n) is 20.7. The lowest BCUT2D eigenvalue weighted by Gasteiger charge is -2.47. The number of rotatable bonds is 6. The molecule has 1 spiro atoms. The Morgan fingerprint density at radius 2 is 0.780 bits per heavy atom. The highest BCUT2D eigenvalue weighted by molar-refractivity contribution is 5.97. The van der Waals surface area contributed by atoms with E-state index in [0.29, 0.717) is 0 Å². The second-order valence-corrected chi connectivity index (χ2v) is 16.4. The summed E-state index contributed by atoms with van der Waals surface area (Å²) in [5.74, 6) is 0. The first-order chi connectivity index (χ1) is 29.0. The zero-order valence-corrected chi connectivity index (χ0v) is 33.3. The summed E-state index contributed by atoms with van der Waals surface area (Å²) in [4.78, 5) is 2.47. The Bertz CT molecular complexity index is 3000. The number of hydrogen-bond donors (Lipinski definition) is 0. The summed E-state index contributed by atoms with van der Waals surface area (Å²) in [6.45, 7) is 4.81. The maximum absolute atomic E-state index is 2.53. The molecule has 1 heteroatoms. The fourth-order valence-electron chi connectivity index (χ4n) is 10.3. The number of fused-ring (bicyclic) bond motifs is 9. The Kier molecular flexibility index (Phi) is 8.13. The summed E-state index contributed by atoms with van der Waals surface area (Å²) in [7, 11) is 0. The van der Waals surface area contributed by atoms with Crippen molar-refractivity contribution in [2.24, 2.45) is 0 Å². The fraction of sp³-hybridized carbons (Fsp3) is 0.0690. The van der Waals surface area contributed by atoms with Crippen molar-refractivity contribution in [1.82, 2.24) is 0 Å². The van der Waals surface area contributed by atoms with Gasteiger partial charge >= 0.3 is 0 Å². The first-order valence-corrected chi connectivity index (χ1v) is 20.7. The Balaban J connectivity index is 1.21. The molecular weight excluding hydrogens is 711 g/mol. The Hall–Kier alpha value is -7.22. The Morgan fingerprint density at radius 3 is 1.47 bits per heavy atom. The molecule has 0 saturated carbocycles. The van der Waals surface area contributed by atoms with E-state index in [4.69, 9.17) is 0 Å². The lowest BCUT2D eigenvalue weighted by atomic mass is 9.55. The topological polar surface area (TPSA) is 3.24 Å². The van der Waals surface area contributed by atoms with Crippen LogP contribution in [0.2, 0.25) is 0 Å². The first kappa shape index (κ1) is 35.0. The molecule has 0 aromatic heterocycles. The molecule has 0 fully saturated rings. The minimum atomic E-state index is -0.546. The molecule has 0 bridgehead atoms. The lowest BCUT2D eigenvalue weighted by Crippen LogP contribution is -2.40. The third kappa shape index (κ3) is 5.31. The molecule has 11 rings (SSSR count).